The van der Waals surface area contributed by atoms with Crippen LogP contribution in [-0.2, 0) is 16.8 Å². The highest BCUT2D eigenvalue weighted by atomic mass is 16.6. The molecule has 0 aliphatic heterocycles. The summed E-state index contributed by atoms with van der Waals surface area (Å²) in [6, 6.07) is 32.8. The van der Waals surface area contributed by atoms with Crippen LogP contribution < -0.4 is 5.32 Å². The molecule has 0 saturated carbocycles. The Kier molecular flexibility index (Phi) is 6.46. The fraction of sp³-hybridized carbons (Fsp3) is 0.182. The van der Waals surface area contributed by atoms with Crippen LogP contribution in [0.1, 0.15) is 42.5 Å². The lowest BCUT2D eigenvalue weighted by Crippen LogP contribution is -2.47. The molecule has 6 rings (SSSR count). The molecular formula is C33H29N5O3. The topological polar surface area (TPSA) is 114 Å². The standard InChI is InChI=1S/C33H29N5O3/c1-32(2,21-33(38(40)41)27-17-8-6-13-24(27)20-25-14-7-9-18-28(25)33)30(39)35-31-34-29(36-37-31)26-16-10-15-23(19-26)22-11-4-3-5-12-22/h3-19H,20-21H2,1-2H3,(H2,34,35,36,37,39). The molecule has 0 saturated heterocycles. The molecule has 204 valence electrons. The van der Waals surface area contributed by atoms with E-state index in [2.05, 4.69) is 20.5 Å². The van der Waals surface area contributed by atoms with E-state index in [0.29, 0.717) is 23.4 Å². The Balaban J connectivity index is 1.28. The van der Waals surface area contributed by atoms with Crippen LogP contribution in [0.5, 0.6) is 0 Å². The molecule has 0 radical (unpaired) electrons. The number of carbonyl (C=O) groups is 1. The molecule has 1 amide bonds. The Morgan fingerprint density at radius 3 is 2.12 bits per heavy atom. The van der Waals surface area contributed by atoms with Crippen LogP contribution in [0.25, 0.3) is 22.5 Å². The van der Waals surface area contributed by atoms with Gasteiger partial charge in [-0.25, -0.2) is 0 Å². The van der Waals surface area contributed by atoms with E-state index in [1.54, 1.807) is 13.8 Å². The maximum absolute atomic E-state index is 13.7. The van der Waals surface area contributed by atoms with Gasteiger partial charge in [-0.15, -0.1) is 5.10 Å². The highest BCUT2D eigenvalue weighted by Crippen LogP contribution is 2.48. The predicted molar refractivity (Wildman–Crippen MR) is 158 cm³/mol. The average Bonchev–Trinajstić information content (AvgIpc) is 3.46. The number of hydrogen-bond acceptors (Lipinski definition) is 5. The van der Waals surface area contributed by atoms with Gasteiger partial charge in [-0.2, -0.15) is 4.98 Å². The highest BCUT2D eigenvalue weighted by Gasteiger charge is 2.55. The van der Waals surface area contributed by atoms with Crippen LogP contribution in [0.2, 0.25) is 0 Å². The largest absolute Gasteiger partial charge is 0.293 e. The van der Waals surface area contributed by atoms with Crippen molar-refractivity contribution >= 4 is 11.9 Å². The van der Waals surface area contributed by atoms with Gasteiger partial charge in [-0.3, -0.25) is 25.3 Å². The number of aromatic nitrogens is 3. The first kappa shape index (κ1) is 26.1. The van der Waals surface area contributed by atoms with Crippen molar-refractivity contribution in [2.45, 2.75) is 32.2 Å². The third-order valence-corrected chi connectivity index (χ3v) is 7.88. The summed E-state index contributed by atoms with van der Waals surface area (Å²) in [7, 11) is 0. The van der Waals surface area contributed by atoms with E-state index in [4.69, 9.17) is 0 Å². The first-order chi connectivity index (χ1) is 19.8. The van der Waals surface area contributed by atoms with Gasteiger partial charge < -0.3 is 0 Å². The Bertz CT molecular complexity index is 1710. The first-order valence-electron chi connectivity index (χ1n) is 13.5. The average molecular weight is 544 g/mol. The summed E-state index contributed by atoms with van der Waals surface area (Å²) >= 11 is 0. The van der Waals surface area contributed by atoms with Gasteiger partial charge in [0.15, 0.2) is 5.82 Å². The SMILES string of the molecule is CC(C)(CC1([N+](=O)[O-])c2ccccc2Cc2ccccc21)C(=O)Nc1n[nH]c(-c2cccc(-c3ccccc3)c2)n1. The van der Waals surface area contributed by atoms with Gasteiger partial charge in [0.25, 0.3) is 5.54 Å². The molecule has 1 aliphatic rings. The summed E-state index contributed by atoms with van der Waals surface area (Å²) in [6.07, 6.45) is 0.573. The summed E-state index contributed by atoms with van der Waals surface area (Å²) in [5, 5.41) is 22.9. The monoisotopic (exact) mass is 543 g/mol. The van der Waals surface area contributed by atoms with Crippen LogP contribution >= 0.6 is 0 Å². The molecule has 0 bridgehead atoms. The Hall–Kier alpha value is -5.11. The molecule has 8 heteroatoms. The molecule has 0 atom stereocenters. The number of nitro groups is 1. The number of H-pyrrole nitrogens is 1. The van der Waals surface area contributed by atoms with Gasteiger partial charge in [0.05, 0.1) is 5.41 Å². The highest BCUT2D eigenvalue weighted by molar-refractivity contribution is 5.93. The minimum absolute atomic E-state index is 0.0384. The van der Waals surface area contributed by atoms with Crippen molar-refractivity contribution < 1.29 is 9.72 Å². The van der Waals surface area contributed by atoms with E-state index < -0.39 is 16.9 Å². The molecule has 1 aliphatic carbocycles. The van der Waals surface area contributed by atoms with Crippen molar-refractivity contribution in [2.24, 2.45) is 5.41 Å². The van der Waals surface area contributed by atoms with E-state index in [9.17, 15) is 14.9 Å². The van der Waals surface area contributed by atoms with Gasteiger partial charge in [0, 0.05) is 28.0 Å². The molecule has 1 aromatic heterocycles. The summed E-state index contributed by atoms with van der Waals surface area (Å²) in [5.41, 5.74) is 3.27. The van der Waals surface area contributed by atoms with Gasteiger partial charge in [-0.05, 0) is 34.7 Å². The van der Waals surface area contributed by atoms with Crippen molar-refractivity contribution in [2.75, 3.05) is 5.32 Å². The minimum Gasteiger partial charge on any atom is -0.293 e. The van der Waals surface area contributed by atoms with Crippen LogP contribution in [0, 0.1) is 15.5 Å². The smallest absolute Gasteiger partial charge is 0.273 e. The molecule has 1 heterocycles. The molecular weight excluding hydrogens is 514 g/mol. The van der Waals surface area contributed by atoms with Crippen molar-refractivity contribution in [3.05, 3.63) is 135 Å². The number of carbonyl (C=O) groups excluding carboxylic acids is 1. The molecule has 0 unspecified atom stereocenters. The van der Waals surface area contributed by atoms with Crippen LogP contribution in [0.15, 0.2) is 103 Å². The van der Waals surface area contributed by atoms with Gasteiger partial charge in [0.2, 0.25) is 11.9 Å². The summed E-state index contributed by atoms with van der Waals surface area (Å²) in [5.74, 6) is 0.221. The zero-order chi connectivity index (χ0) is 28.6. The van der Waals surface area contributed by atoms with Crippen molar-refractivity contribution in [1.82, 2.24) is 15.2 Å². The molecule has 8 nitrogen and oxygen atoms in total. The van der Waals surface area contributed by atoms with Crippen molar-refractivity contribution in [1.29, 1.82) is 0 Å². The zero-order valence-electron chi connectivity index (χ0n) is 22.8. The van der Waals surface area contributed by atoms with Crippen molar-refractivity contribution in [3.63, 3.8) is 0 Å². The number of benzene rings is 4. The number of hydrogen-bond donors (Lipinski definition) is 2. The summed E-state index contributed by atoms with van der Waals surface area (Å²) < 4.78 is 0. The molecule has 0 fully saturated rings. The van der Waals surface area contributed by atoms with E-state index in [-0.39, 0.29) is 17.3 Å². The molecule has 5 aromatic rings. The minimum atomic E-state index is -1.58. The van der Waals surface area contributed by atoms with Gasteiger partial charge >= 0.3 is 0 Å². The van der Waals surface area contributed by atoms with E-state index >= 15 is 0 Å². The normalized spacial score (nSPS) is 13.6. The fourth-order valence-electron chi connectivity index (χ4n) is 5.87. The van der Waals surface area contributed by atoms with E-state index in [1.807, 2.05) is 103 Å². The third kappa shape index (κ3) is 4.67. The van der Waals surface area contributed by atoms with E-state index in [1.165, 1.54) is 0 Å². The molecule has 2 N–H and O–H groups in total. The zero-order valence-corrected chi connectivity index (χ0v) is 22.8. The van der Waals surface area contributed by atoms with Crippen LogP contribution in [0.3, 0.4) is 0 Å². The van der Waals surface area contributed by atoms with Crippen molar-refractivity contribution in [3.8, 4) is 22.5 Å². The maximum atomic E-state index is 13.7. The number of aromatic amines is 1. The number of anilines is 1. The van der Waals surface area contributed by atoms with Gasteiger partial charge in [-0.1, -0.05) is 111 Å². The first-order valence-corrected chi connectivity index (χ1v) is 13.5. The quantitative estimate of drug-likeness (QED) is 0.177. The second kappa shape index (κ2) is 10.1. The number of amides is 1. The lowest BCUT2D eigenvalue weighted by molar-refractivity contribution is -0.570. The Morgan fingerprint density at radius 1 is 0.878 bits per heavy atom. The van der Waals surface area contributed by atoms with Gasteiger partial charge in [0.1, 0.15) is 0 Å². The Labute approximate surface area is 237 Å². The second-order valence-electron chi connectivity index (χ2n) is 11.1. The Morgan fingerprint density at radius 2 is 1.46 bits per heavy atom. The molecule has 41 heavy (non-hydrogen) atoms. The number of nitrogens with zero attached hydrogens (tertiary/aromatic N) is 3. The second-order valence-corrected chi connectivity index (χ2v) is 11.1. The van der Waals surface area contributed by atoms with E-state index in [0.717, 1.165) is 27.8 Å². The predicted octanol–water partition coefficient (Wildman–Crippen LogP) is 6.62. The number of fused-ring (bicyclic) bond motifs is 2. The third-order valence-electron chi connectivity index (χ3n) is 7.88. The van der Waals surface area contributed by atoms with Crippen LogP contribution in [-0.4, -0.2) is 26.0 Å². The molecule has 0 spiro atoms. The fourth-order valence-corrected chi connectivity index (χ4v) is 5.87. The summed E-state index contributed by atoms with van der Waals surface area (Å²) in [6.45, 7) is 3.45. The van der Waals surface area contributed by atoms with Crippen LogP contribution in [0.4, 0.5) is 5.95 Å². The number of rotatable bonds is 7. The summed E-state index contributed by atoms with van der Waals surface area (Å²) in [4.78, 5) is 30.9. The lowest BCUT2D eigenvalue weighted by Gasteiger charge is -2.37. The number of nitrogens with one attached hydrogen (secondary N) is 2. The maximum Gasteiger partial charge on any atom is 0.273 e. The lowest BCUT2D eigenvalue weighted by atomic mass is 9.65. The molecule has 4 aromatic carbocycles.